The van der Waals surface area contributed by atoms with Crippen molar-refractivity contribution in [3.8, 4) is 22.3 Å². The van der Waals surface area contributed by atoms with Gasteiger partial charge >= 0.3 is 0 Å². The van der Waals surface area contributed by atoms with E-state index in [2.05, 4.69) is 156 Å². The SMILES string of the molecule is CC(C)(C)c1ccc2c(c1)C(CC1c3cc(C(C)(C)C)ccc3-c3ccc(C(C)(C)C)cc31)c1cc(C(C)(C)C)ccc1-2. The minimum absolute atomic E-state index is 0.112. The molecule has 0 fully saturated rings. The Bertz CT molecular complexity index is 1460. The largest absolute Gasteiger partial charge is 0.0579 e. The van der Waals surface area contributed by atoms with Crippen LogP contribution in [0.15, 0.2) is 72.8 Å². The molecule has 0 nitrogen and oxygen atoms in total. The fourth-order valence-corrected chi connectivity index (χ4v) is 7.33. The van der Waals surface area contributed by atoms with Gasteiger partial charge in [0.2, 0.25) is 0 Å². The summed E-state index contributed by atoms with van der Waals surface area (Å²) in [6.45, 7) is 28.1. The van der Waals surface area contributed by atoms with E-state index in [0.29, 0.717) is 11.8 Å². The molecule has 0 saturated heterocycles. The van der Waals surface area contributed by atoms with E-state index in [4.69, 9.17) is 0 Å². The van der Waals surface area contributed by atoms with Crippen LogP contribution in [0.5, 0.6) is 0 Å². The van der Waals surface area contributed by atoms with Gasteiger partial charge in [-0.15, -0.1) is 0 Å². The summed E-state index contributed by atoms with van der Waals surface area (Å²) in [7, 11) is 0. The first-order valence-electron chi connectivity index (χ1n) is 16.4. The van der Waals surface area contributed by atoms with Crippen LogP contribution in [-0.2, 0) is 21.7 Å². The number of fused-ring (bicyclic) bond motifs is 6. The molecule has 2 aliphatic carbocycles. The first-order valence-corrected chi connectivity index (χ1v) is 16.4. The smallest absolute Gasteiger partial charge is 0.0111 e. The van der Waals surface area contributed by atoms with E-state index in [-0.39, 0.29) is 21.7 Å². The van der Waals surface area contributed by atoms with Crippen LogP contribution in [0.2, 0.25) is 0 Å². The minimum atomic E-state index is 0.112. The molecule has 0 aliphatic heterocycles. The Morgan fingerprint density at radius 2 is 0.558 bits per heavy atom. The maximum absolute atomic E-state index is 2.55. The van der Waals surface area contributed by atoms with Gasteiger partial charge in [0.15, 0.2) is 0 Å². The highest BCUT2D eigenvalue weighted by Gasteiger charge is 2.38. The lowest BCUT2D eigenvalue weighted by Gasteiger charge is -2.26. The molecule has 0 bridgehead atoms. The Balaban J connectivity index is 1.57. The molecule has 0 heterocycles. The maximum Gasteiger partial charge on any atom is 0.0111 e. The van der Waals surface area contributed by atoms with Gasteiger partial charge in [-0.25, -0.2) is 0 Å². The van der Waals surface area contributed by atoms with E-state index in [0.717, 1.165) is 6.42 Å². The fraction of sp³-hybridized carbons (Fsp3) is 0.442. The normalized spacial score (nSPS) is 15.3. The highest BCUT2D eigenvalue weighted by molar-refractivity contribution is 5.82. The highest BCUT2D eigenvalue weighted by atomic mass is 14.4. The van der Waals surface area contributed by atoms with Crippen molar-refractivity contribution < 1.29 is 0 Å². The van der Waals surface area contributed by atoms with Gasteiger partial charge in [-0.3, -0.25) is 0 Å². The predicted molar refractivity (Wildman–Crippen MR) is 187 cm³/mol. The zero-order chi connectivity index (χ0) is 31.3. The molecular weight excluding hydrogens is 516 g/mol. The average molecular weight is 569 g/mol. The first-order chi connectivity index (χ1) is 19.8. The quantitative estimate of drug-likeness (QED) is 0.226. The highest BCUT2D eigenvalue weighted by Crippen LogP contribution is 2.55. The third-order valence-corrected chi connectivity index (χ3v) is 10.2. The number of hydrogen-bond acceptors (Lipinski definition) is 0. The predicted octanol–water partition coefficient (Wildman–Crippen LogP) is 12.2. The van der Waals surface area contributed by atoms with E-state index < -0.39 is 0 Å². The van der Waals surface area contributed by atoms with Gasteiger partial charge in [0.1, 0.15) is 0 Å². The monoisotopic (exact) mass is 568 g/mol. The standard InChI is InChI=1S/C43H52/c1-40(2,3)26-13-17-30-31-18-14-27(41(4,5)6)22-35(31)38(34(30)21-26)25-39-36-23-28(42(7,8)9)15-19-32(36)33-20-16-29(24-37(33)39)43(10,11)12/h13-24,38-39H,25H2,1-12H3. The molecule has 4 aromatic carbocycles. The van der Waals surface area contributed by atoms with Crippen LogP contribution in [0.4, 0.5) is 0 Å². The molecular formula is C43H52. The Labute approximate surface area is 262 Å². The van der Waals surface area contributed by atoms with Gasteiger partial charge in [0.25, 0.3) is 0 Å². The fourth-order valence-electron chi connectivity index (χ4n) is 7.33. The molecule has 2 aliphatic rings. The van der Waals surface area contributed by atoms with Crippen molar-refractivity contribution in [2.24, 2.45) is 0 Å². The summed E-state index contributed by atoms with van der Waals surface area (Å²) in [5.41, 5.74) is 17.9. The Kier molecular flexibility index (Phi) is 6.74. The van der Waals surface area contributed by atoms with Gasteiger partial charge in [-0.2, -0.15) is 0 Å². The maximum atomic E-state index is 2.55. The van der Waals surface area contributed by atoms with Gasteiger partial charge in [0.05, 0.1) is 0 Å². The summed E-state index contributed by atoms with van der Waals surface area (Å²) >= 11 is 0. The lowest BCUT2D eigenvalue weighted by atomic mass is 9.77. The van der Waals surface area contributed by atoms with E-state index >= 15 is 0 Å². The first kappa shape index (κ1) is 29.9. The Morgan fingerprint density at radius 3 is 0.744 bits per heavy atom. The molecule has 224 valence electrons. The van der Waals surface area contributed by atoms with Crippen molar-refractivity contribution in [2.45, 2.75) is 123 Å². The lowest BCUT2D eigenvalue weighted by Crippen LogP contribution is -2.14. The second kappa shape index (κ2) is 9.69. The van der Waals surface area contributed by atoms with Crippen molar-refractivity contribution >= 4 is 0 Å². The molecule has 0 heteroatoms. The molecule has 0 saturated carbocycles. The van der Waals surface area contributed by atoms with Crippen LogP contribution in [0.1, 0.15) is 146 Å². The zero-order valence-electron chi connectivity index (χ0n) is 28.8. The molecule has 4 aromatic rings. The Morgan fingerprint density at radius 1 is 0.349 bits per heavy atom. The number of rotatable bonds is 2. The van der Waals surface area contributed by atoms with Crippen molar-refractivity contribution in [1.82, 2.24) is 0 Å². The Hall–Kier alpha value is -3.12. The van der Waals surface area contributed by atoms with Crippen molar-refractivity contribution in [3.05, 3.63) is 117 Å². The van der Waals surface area contributed by atoms with E-state index in [1.54, 1.807) is 0 Å². The van der Waals surface area contributed by atoms with E-state index in [1.807, 2.05) is 0 Å². The summed E-state index contributed by atoms with van der Waals surface area (Å²) in [5, 5.41) is 0. The third-order valence-electron chi connectivity index (χ3n) is 10.2. The van der Waals surface area contributed by atoms with Crippen LogP contribution < -0.4 is 0 Å². The molecule has 0 N–H and O–H groups in total. The van der Waals surface area contributed by atoms with E-state index in [9.17, 15) is 0 Å². The molecule has 6 rings (SSSR count). The van der Waals surface area contributed by atoms with Crippen LogP contribution in [0, 0.1) is 0 Å². The minimum Gasteiger partial charge on any atom is -0.0579 e. The molecule has 0 spiro atoms. The van der Waals surface area contributed by atoms with Crippen LogP contribution in [-0.4, -0.2) is 0 Å². The van der Waals surface area contributed by atoms with Crippen LogP contribution in [0.3, 0.4) is 0 Å². The van der Waals surface area contributed by atoms with Gasteiger partial charge in [-0.05, 0) is 94.8 Å². The summed E-state index contributed by atoms with van der Waals surface area (Å²) in [5.74, 6) is 0.713. The van der Waals surface area contributed by atoms with Crippen molar-refractivity contribution in [1.29, 1.82) is 0 Å². The molecule has 0 aromatic heterocycles. The summed E-state index contributed by atoms with van der Waals surface area (Å²) in [6.07, 6.45) is 1.09. The lowest BCUT2D eigenvalue weighted by molar-refractivity contribution is 0.581. The molecule has 43 heavy (non-hydrogen) atoms. The average Bonchev–Trinajstić information content (AvgIpc) is 3.38. The van der Waals surface area contributed by atoms with Gasteiger partial charge < -0.3 is 0 Å². The second-order valence-corrected chi connectivity index (χ2v) is 17.5. The van der Waals surface area contributed by atoms with Gasteiger partial charge in [0, 0.05) is 11.8 Å². The zero-order valence-corrected chi connectivity index (χ0v) is 28.8. The molecule has 0 unspecified atom stereocenters. The molecule has 0 atom stereocenters. The van der Waals surface area contributed by atoms with E-state index in [1.165, 1.54) is 66.8 Å². The summed E-state index contributed by atoms with van der Waals surface area (Å²) < 4.78 is 0. The van der Waals surface area contributed by atoms with Crippen LogP contribution in [0.25, 0.3) is 22.3 Å². The van der Waals surface area contributed by atoms with Crippen LogP contribution >= 0.6 is 0 Å². The van der Waals surface area contributed by atoms with Gasteiger partial charge in [-0.1, -0.05) is 156 Å². The second-order valence-electron chi connectivity index (χ2n) is 17.5. The number of benzene rings is 4. The number of hydrogen-bond donors (Lipinski definition) is 0. The van der Waals surface area contributed by atoms with Crippen molar-refractivity contribution in [2.75, 3.05) is 0 Å². The molecule has 0 amide bonds. The third kappa shape index (κ3) is 5.20. The summed E-state index contributed by atoms with van der Waals surface area (Å²) in [6, 6.07) is 29.3. The topological polar surface area (TPSA) is 0 Å². The summed E-state index contributed by atoms with van der Waals surface area (Å²) in [4.78, 5) is 0. The molecule has 0 radical (unpaired) electrons. The van der Waals surface area contributed by atoms with Crippen molar-refractivity contribution in [3.63, 3.8) is 0 Å².